The van der Waals surface area contributed by atoms with Crippen molar-refractivity contribution in [2.45, 2.75) is 6.18 Å². The first kappa shape index (κ1) is 14.1. The summed E-state index contributed by atoms with van der Waals surface area (Å²) >= 11 is 0. The van der Waals surface area contributed by atoms with Gasteiger partial charge in [0, 0.05) is 0 Å². The van der Waals surface area contributed by atoms with Crippen molar-refractivity contribution in [3.05, 3.63) is 60.1 Å². The lowest BCUT2D eigenvalue weighted by Gasteiger charge is -2.10. The molecule has 0 aliphatic carbocycles. The van der Waals surface area contributed by atoms with E-state index in [9.17, 15) is 18.0 Å². The molecule has 3 rings (SSSR count). The second-order valence-corrected chi connectivity index (χ2v) is 4.47. The minimum absolute atomic E-state index is 0.148. The topological polar surface area (TPSA) is 45.8 Å². The van der Waals surface area contributed by atoms with E-state index in [-0.39, 0.29) is 11.4 Å². The van der Waals surface area contributed by atoms with Crippen LogP contribution in [0.2, 0.25) is 0 Å². The lowest BCUT2D eigenvalue weighted by molar-refractivity contribution is -0.114. The molecule has 0 saturated carbocycles. The number of halogens is 3. The summed E-state index contributed by atoms with van der Waals surface area (Å²) in [5.74, 6) is -0.704. The molecule has 1 aromatic heterocycles. The Morgan fingerprint density at radius 3 is 2.41 bits per heavy atom. The summed E-state index contributed by atoms with van der Waals surface area (Å²) in [7, 11) is 0. The molecule has 0 bridgehead atoms. The summed E-state index contributed by atoms with van der Waals surface area (Å²) in [5.41, 5.74) is -1.53. The molecule has 2 heterocycles. The highest BCUT2D eigenvalue weighted by Gasteiger charge is 2.46. The normalized spacial score (nSPS) is 17.2. The maximum absolute atomic E-state index is 13.1. The van der Waals surface area contributed by atoms with E-state index in [4.69, 9.17) is 4.42 Å². The Bertz CT molecular complexity index is 747. The van der Waals surface area contributed by atoms with E-state index in [1.165, 1.54) is 30.5 Å². The molecule has 0 radical (unpaired) electrons. The van der Waals surface area contributed by atoms with Crippen LogP contribution in [0.3, 0.4) is 0 Å². The van der Waals surface area contributed by atoms with Gasteiger partial charge in [-0.25, -0.2) is 0 Å². The van der Waals surface area contributed by atoms with Crippen molar-refractivity contribution in [3.8, 4) is 0 Å². The maximum atomic E-state index is 13.1. The van der Waals surface area contributed by atoms with Crippen LogP contribution >= 0.6 is 0 Å². The third-order valence-electron chi connectivity index (χ3n) is 2.98. The molecule has 0 atom stereocenters. The molecule has 2 aromatic rings. The van der Waals surface area contributed by atoms with Crippen molar-refractivity contribution in [2.24, 2.45) is 5.10 Å². The predicted octanol–water partition coefficient (Wildman–Crippen LogP) is 3.63. The number of alkyl halides is 3. The van der Waals surface area contributed by atoms with E-state index < -0.39 is 23.4 Å². The molecule has 1 aliphatic heterocycles. The Labute approximate surface area is 123 Å². The molecule has 4 nitrogen and oxygen atoms in total. The predicted molar refractivity (Wildman–Crippen MR) is 74.1 cm³/mol. The van der Waals surface area contributed by atoms with Crippen LogP contribution in [0.4, 0.5) is 18.9 Å². The molecule has 0 spiro atoms. The number of anilines is 1. The molecule has 1 aromatic carbocycles. The van der Waals surface area contributed by atoms with Crippen molar-refractivity contribution in [3.63, 3.8) is 0 Å². The van der Waals surface area contributed by atoms with Crippen molar-refractivity contribution in [1.29, 1.82) is 0 Å². The number of hydrogen-bond donors (Lipinski definition) is 0. The Hall–Kier alpha value is -2.83. The smallest absolute Gasteiger partial charge is 0.435 e. The monoisotopic (exact) mass is 306 g/mol. The van der Waals surface area contributed by atoms with Crippen LogP contribution < -0.4 is 5.01 Å². The quantitative estimate of drug-likeness (QED) is 0.795. The first-order valence-corrected chi connectivity index (χ1v) is 6.28. The average molecular weight is 306 g/mol. The van der Waals surface area contributed by atoms with E-state index in [1.807, 2.05) is 0 Å². The van der Waals surface area contributed by atoms with Crippen LogP contribution in [-0.4, -0.2) is 17.8 Å². The van der Waals surface area contributed by atoms with Gasteiger partial charge in [-0.3, -0.25) is 4.79 Å². The Balaban J connectivity index is 2.07. The van der Waals surface area contributed by atoms with Crippen LogP contribution in [-0.2, 0) is 4.79 Å². The van der Waals surface area contributed by atoms with Crippen molar-refractivity contribution >= 4 is 23.4 Å². The van der Waals surface area contributed by atoms with E-state index in [0.29, 0.717) is 0 Å². The Kier molecular flexibility index (Phi) is 3.32. The molecular weight excluding hydrogens is 297 g/mol. The zero-order chi connectivity index (χ0) is 15.7. The SMILES string of the molecule is O=C1/C(=C\c2ccco2)C(C(F)(F)F)=NN1c1ccccc1. The minimum Gasteiger partial charge on any atom is -0.465 e. The number of rotatable bonds is 2. The lowest BCUT2D eigenvalue weighted by Crippen LogP contribution is -2.25. The largest absolute Gasteiger partial charge is 0.465 e. The van der Waals surface area contributed by atoms with Crippen molar-refractivity contribution in [1.82, 2.24) is 0 Å². The number of carbonyl (C=O) groups excluding carboxylic acids is 1. The highest BCUT2D eigenvalue weighted by atomic mass is 19.4. The van der Waals surface area contributed by atoms with Gasteiger partial charge in [-0.2, -0.15) is 23.3 Å². The number of hydrazone groups is 1. The lowest BCUT2D eigenvalue weighted by atomic mass is 10.1. The Morgan fingerprint density at radius 2 is 1.82 bits per heavy atom. The third-order valence-corrected chi connectivity index (χ3v) is 2.98. The van der Waals surface area contributed by atoms with E-state index in [1.54, 1.807) is 18.2 Å². The van der Waals surface area contributed by atoms with Crippen LogP contribution in [0.15, 0.2) is 63.8 Å². The molecule has 0 saturated heterocycles. The zero-order valence-corrected chi connectivity index (χ0v) is 11.0. The molecular formula is C15H9F3N2O2. The molecule has 1 amide bonds. The fraction of sp³-hybridized carbons (Fsp3) is 0.0667. The van der Waals surface area contributed by atoms with Gasteiger partial charge in [0.05, 0.1) is 17.5 Å². The van der Waals surface area contributed by atoms with Gasteiger partial charge >= 0.3 is 6.18 Å². The van der Waals surface area contributed by atoms with Gasteiger partial charge in [-0.15, -0.1) is 0 Å². The highest BCUT2D eigenvalue weighted by molar-refractivity contribution is 6.34. The summed E-state index contributed by atoms with van der Waals surface area (Å²) in [6.45, 7) is 0. The van der Waals surface area contributed by atoms with E-state index in [0.717, 1.165) is 11.1 Å². The van der Waals surface area contributed by atoms with Gasteiger partial charge in [-0.1, -0.05) is 18.2 Å². The number of carbonyl (C=O) groups is 1. The molecule has 0 unspecified atom stereocenters. The minimum atomic E-state index is -4.74. The molecule has 0 fully saturated rings. The second kappa shape index (κ2) is 5.18. The van der Waals surface area contributed by atoms with Gasteiger partial charge in [0.1, 0.15) is 5.76 Å². The van der Waals surface area contributed by atoms with E-state index >= 15 is 0 Å². The van der Waals surface area contributed by atoms with Gasteiger partial charge in [-0.05, 0) is 30.3 Å². The summed E-state index contributed by atoms with van der Waals surface area (Å²) < 4.78 is 44.3. The maximum Gasteiger partial charge on any atom is 0.435 e. The first-order valence-electron chi connectivity index (χ1n) is 6.28. The molecule has 0 N–H and O–H groups in total. The van der Waals surface area contributed by atoms with Crippen molar-refractivity contribution in [2.75, 3.05) is 5.01 Å². The molecule has 112 valence electrons. The van der Waals surface area contributed by atoms with Gasteiger partial charge in [0.2, 0.25) is 0 Å². The van der Waals surface area contributed by atoms with Gasteiger partial charge < -0.3 is 4.42 Å². The van der Waals surface area contributed by atoms with Crippen LogP contribution in [0, 0.1) is 0 Å². The van der Waals surface area contributed by atoms with Gasteiger partial charge in [0.25, 0.3) is 5.91 Å². The summed E-state index contributed by atoms with van der Waals surface area (Å²) in [4.78, 5) is 12.3. The number of benzene rings is 1. The fourth-order valence-corrected chi connectivity index (χ4v) is 2.01. The van der Waals surface area contributed by atoms with Gasteiger partial charge in [0.15, 0.2) is 5.71 Å². The van der Waals surface area contributed by atoms with E-state index in [2.05, 4.69) is 5.10 Å². The third kappa shape index (κ3) is 2.52. The number of nitrogens with zero attached hydrogens (tertiary/aromatic N) is 2. The summed E-state index contributed by atoms with van der Waals surface area (Å²) in [5, 5.41) is 4.17. The van der Waals surface area contributed by atoms with Crippen LogP contribution in [0.1, 0.15) is 5.76 Å². The number of para-hydroxylation sites is 1. The standard InChI is InChI=1S/C15H9F3N2O2/c16-15(17,18)13-12(9-11-7-4-8-22-11)14(21)20(19-13)10-5-2-1-3-6-10/h1-9H/b12-9-. The fourth-order valence-electron chi connectivity index (χ4n) is 2.01. The van der Waals surface area contributed by atoms with Crippen LogP contribution in [0.5, 0.6) is 0 Å². The average Bonchev–Trinajstić information content (AvgIpc) is 3.09. The zero-order valence-electron chi connectivity index (χ0n) is 11.0. The van der Waals surface area contributed by atoms with Crippen molar-refractivity contribution < 1.29 is 22.4 Å². The summed E-state index contributed by atoms with van der Waals surface area (Å²) in [6, 6.07) is 10.9. The molecule has 7 heteroatoms. The molecule has 22 heavy (non-hydrogen) atoms. The Morgan fingerprint density at radius 1 is 1.09 bits per heavy atom. The number of furan rings is 1. The number of amides is 1. The highest BCUT2D eigenvalue weighted by Crippen LogP contribution is 2.32. The molecule has 1 aliphatic rings. The number of hydrogen-bond acceptors (Lipinski definition) is 3. The first-order chi connectivity index (χ1) is 10.5. The second-order valence-electron chi connectivity index (χ2n) is 4.47. The van der Waals surface area contributed by atoms with Crippen LogP contribution in [0.25, 0.3) is 6.08 Å². The summed E-state index contributed by atoms with van der Waals surface area (Å²) in [6.07, 6.45) is -2.39.